The molecule has 1 amide bonds. The highest BCUT2D eigenvalue weighted by atomic mass is 35.5. The predicted octanol–water partition coefficient (Wildman–Crippen LogP) is 6.60. The quantitative estimate of drug-likeness (QED) is 0.148. The average molecular weight is 523 g/mol. The second-order valence-corrected chi connectivity index (χ2v) is 8.77. The number of halogens is 1. The van der Waals surface area contributed by atoms with Crippen LogP contribution < -0.4 is 5.43 Å². The van der Waals surface area contributed by atoms with Gasteiger partial charge in [0.25, 0.3) is 5.91 Å². The molecular formula is C29H19ClN4O4. The van der Waals surface area contributed by atoms with Gasteiger partial charge in [-0.25, -0.2) is 10.4 Å². The van der Waals surface area contributed by atoms with E-state index in [4.69, 9.17) is 16.6 Å². The summed E-state index contributed by atoms with van der Waals surface area (Å²) in [5.74, 6) is -1.12. The fourth-order valence-electron chi connectivity index (χ4n) is 4.04. The van der Waals surface area contributed by atoms with E-state index >= 15 is 0 Å². The van der Waals surface area contributed by atoms with Crippen LogP contribution in [0.5, 0.6) is 5.75 Å². The van der Waals surface area contributed by atoms with Gasteiger partial charge in [-0.1, -0.05) is 84.4 Å². The number of benzene rings is 4. The van der Waals surface area contributed by atoms with Crippen molar-refractivity contribution < 1.29 is 14.8 Å². The van der Waals surface area contributed by atoms with Crippen molar-refractivity contribution in [2.75, 3.05) is 0 Å². The Bertz CT molecular complexity index is 1700. The number of nitrogens with zero attached hydrogens (tertiary/aromatic N) is 3. The Labute approximate surface area is 222 Å². The van der Waals surface area contributed by atoms with Crippen molar-refractivity contribution in [2.24, 2.45) is 5.10 Å². The lowest BCUT2D eigenvalue weighted by Gasteiger charge is -2.10. The number of phenolic OH excluding ortho intramolecular Hbond substituents is 1. The highest BCUT2D eigenvalue weighted by Crippen LogP contribution is 2.32. The lowest BCUT2D eigenvalue weighted by atomic mass is 10.0. The molecule has 0 saturated heterocycles. The number of aromatic nitrogens is 1. The van der Waals surface area contributed by atoms with Crippen LogP contribution in [0.1, 0.15) is 15.9 Å². The molecular weight excluding hydrogens is 504 g/mol. The summed E-state index contributed by atoms with van der Waals surface area (Å²) in [6.07, 6.45) is 1.10. The summed E-state index contributed by atoms with van der Waals surface area (Å²) in [6.45, 7) is 0. The van der Waals surface area contributed by atoms with E-state index in [1.54, 1.807) is 12.1 Å². The number of hydrogen-bond donors (Lipinski definition) is 2. The highest BCUT2D eigenvalue weighted by molar-refractivity contribution is 6.31. The van der Waals surface area contributed by atoms with Gasteiger partial charge in [-0.2, -0.15) is 5.10 Å². The van der Waals surface area contributed by atoms with Gasteiger partial charge < -0.3 is 5.11 Å². The van der Waals surface area contributed by atoms with Crippen LogP contribution in [0.15, 0.2) is 102 Å². The maximum atomic E-state index is 13.1. The number of phenols is 1. The van der Waals surface area contributed by atoms with E-state index < -0.39 is 22.3 Å². The third kappa shape index (κ3) is 5.07. The number of carbonyl (C=O) groups excluding carboxylic acids is 1. The molecule has 9 heteroatoms. The summed E-state index contributed by atoms with van der Waals surface area (Å²) in [4.78, 5) is 28.3. The van der Waals surface area contributed by atoms with Crippen LogP contribution in [0, 0.1) is 10.1 Å². The number of rotatable bonds is 6. The molecule has 0 bridgehead atoms. The largest absolute Gasteiger partial charge is 0.502 e. The Balaban J connectivity index is 1.45. The molecule has 186 valence electrons. The molecule has 0 aliphatic heterocycles. The minimum atomic E-state index is -0.756. The number of nitrogens with one attached hydrogen (secondary N) is 1. The summed E-state index contributed by atoms with van der Waals surface area (Å²) in [6, 6.07) is 29.2. The molecule has 0 unspecified atom stereocenters. The van der Waals surface area contributed by atoms with Crippen molar-refractivity contribution in [3.05, 3.63) is 123 Å². The lowest BCUT2D eigenvalue weighted by Crippen LogP contribution is -2.18. The van der Waals surface area contributed by atoms with E-state index in [1.807, 2.05) is 72.8 Å². The van der Waals surface area contributed by atoms with E-state index in [1.165, 1.54) is 6.07 Å². The summed E-state index contributed by atoms with van der Waals surface area (Å²) in [7, 11) is 0. The van der Waals surface area contributed by atoms with Crippen molar-refractivity contribution in [3.8, 4) is 28.1 Å². The molecule has 4 aromatic carbocycles. The molecule has 0 spiro atoms. The zero-order chi connectivity index (χ0) is 26.6. The molecule has 0 saturated carbocycles. The minimum absolute atomic E-state index is 0.0109. The Hall–Kier alpha value is -5.08. The van der Waals surface area contributed by atoms with E-state index in [0.29, 0.717) is 22.2 Å². The fourth-order valence-corrected chi connectivity index (χ4v) is 4.26. The molecule has 5 aromatic rings. The topological polar surface area (TPSA) is 118 Å². The third-order valence-corrected chi connectivity index (χ3v) is 6.12. The van der Waals surface area contributed by atoms with Gasteiger partial charge in [0, 0.05) is 27.6 Å². The molecule has 0 radical (unpaired) electrons. The first-order valence-corrected chi connectivity index (χ1v) is 11.8. The molecule has 38 heavy (non-hydrogen) atoms. The molecule has 0 aliphatic carbocycles. The van der Waals surface area contributed by atoms with Crippen LogP contribution in [-0.4, -0.2) is 27.1 Å². The van der Waals surface area contributed by atoms with Gasteiger partial charge >= 0.3 is 5.69 Å². The van der Waals surface area contributed by atoms with E-state index in [9.17, 15) is 20.0 Å². The number of hydrazone groups is 1. The molecule has 0 aliphatic rings. The number of carbonyl (C=O) groups is 1. The van der Waals surface area contributed by atoms with Crippen molar-refractivity contribution in [3.63, 3.8) is 0 Å². The van der Waals surface area contributed by atoms with Gasteiger partial charge in [0.15, 0.2) is 0 Å². The molecule has 0 atom stereocenters. The van der Waals surface area contributed by atoms with Crippen molar-refractivity contribution in [1.29, 1.82) is 0 Å². The van der Waals surface area contributed by atoms with Crippen LogP contribution >= 0.6 is 11.6 Å². The molecule has 0 fully saturated rings. The first-order chi connectivity index (χ1) is 18.4. The van der Waals surface area contributed by atoms with Gasteiger partial charge in [-0.3, -0.25) is 14.9 Å². The summed E-state index contributed by atoms with van der Waals surface area (Å²) in [5.41, 5.74) is 6.44. The van der Waals surface area contributed by atoms with E-state index in [-0.39, 0.29) is 10.6 Å². The van der Waals surface area contributed by atoms with Crippen LogP contribution in [0.4, 0.5) is 5.69 Å². The Morgan fingerprint density at radius 2 is 1.58 bits per heavy atom. The molecule has 2 N–H and O–H groups in total. The van der Waals surface area contributed by atoms with Crippen LogP contribution in [0.2, 0.25) is 5.02 Å². The summed E-state index contributed by atoms with van der Waals surface area (Å²) >= 11 is 5.92. The number of para-hydroxylation sites is 1. The van der Waals surface area contributed by atoms with Crippen molar-refractivity contribution in [2.45, 2.75) is 0 Å². The monoisotopic (exact) mass is 522 g/mol. The Kier molecular flexibility index (Phi) is 6.80. The van der Waals surface area contributed by atoms with Gasteiger partial charge in [-0.05, 0) is 29.3 Å². The van der Waals surface area contributed by atoms with E-state index in [2.05, 4.69) is 10.5 Å². The van der Waals surface area contributed by atoms with Gasteiger partial charge in [0.1, 0.15) is 0 Å². The zero-order valence-corrected chi connectivity index (χ0v) is 20.5. The molecule has 1 aromatic heterocycles. The van der Waals surface area contributed by atoms with Crippen molar-refractivity contribution >= 4 is 40.3 Å². The zero-order valence-electron chi connectivity index (χ0n) is 19.7. The standard InChI is InChI=1S/C29H19ClN4O4/c30-22-14-21(28(35)27(15-22)34(37)38)17-31-33-29(36)24-16-26(32-25-9-5-4-8-23(24)25)20-12-10-19(11-13-20)18-6-2-1-3-7-18/h1-17,35H,(H,33,36)/b31-17-. The van der Waals surface area contributed by atoms with Gasteiger partial charge in [0.2, 0.25) is 5.75 Å². The number of amides is 1. The maximum absolute atomic E-state index is 13.1. The van der Waals surface area contributed by atoms with Crippen LogP contribution in [-0.2, 0) is 0 Å². The van der Waals surface area contributed by atoms with Crippen molar-refractivity contribution in [1.82, 2.24) is 10.4 Å². The van der Waals surface area contributed by atoms with E-state index in [0.717, 1.165) is 29.0 Å². The van der Waals surface area contributed by atoms with Gasteiger partial charge in [0.05, 0.1) is 27.9 Å². The molecule has 8 nitrogen and oxygen atoms in total. The normalized spacial score (nSPS) is 11.1. The third-order valence-electron chi connectivity index (χ3n) is 5.90. The van der Waals surface area contributed by atoms with Gasteiger partial charge in [-0.15, -0.1) is 0 Å². The van der Waals surface area contributed by atoms with Crippen LogP contribution in [0.25, 0.3) is 33.3 Å². The second kappa shape index (κ2) is 10.5. The molecule has 5 rings (SSSR count). The first-order valence-electron chi connectivity index (χ1n) is 11.5. The number of pyridine rings is 1. The lowest BCUT2D eigenvalue weighted by molar-refractivity contribution is -0.385. The first kappa shape index (κ1) is 24.6. The smallest absolute Gasteiger partial charge is 0.312 e. The number of nitro benzene ring substituents is 1. The minimum Gasteiger partial charge on any atom is -0.502 e. The number of hydrogen-bond acceptors (Lipinski definition) is 6. The number of fused-ring (bicyclic) bond motifs is 1. The Morgan fingerprint density at radius 3 is 2.32 bits per heavy atom. The molecule has 1 heterocycles. The maximum Gasteiger partial charge on any atom is 0.312 e. The fraction of sp³-hybridized carbons (Fsp3) is 0. The Morgan fingerprint density at radius 1 is 0.921 bits per heavy atom. The summed E-state index contributed by atoms with van der Waals surface area (Å²) in [5, 5.41) is 25.8. The average Bonchev–Trinajstić information content (AvgIpc) is 2.94. The summed E-state index contributed by atoms with van der Waals surface area (Å²) < 4.78 is 0. The second-order valence-electron chi connectivity index (χ2n) is 8.33. The number of aromatic hydroxyl groups is 1. The SMILES string of the molecule is O=C(N/N=C\c1cc(Cl)cc([N+](=O)[O-])c1O)c1cc(-c2ccc(-c3ccccc3)cc2)nc2ccccc12. The predicted molar refractivity (Wildman–Crippen MR) is 147 cm³/mol. The number of nitro groups is 1. The highest BCUT2D eigenvalue weighted by Gasteiger charge is 2.18. The van der Waals surface area contributed by atoms with Crippen LogP contribution in [0.3, 0.4) is 0 Å².